The lowest BCUT2D eigenvalue weighted by Crippen LogP contribution is -2.09. The number of carbonyl (C=O) groups excluding carboxylic acids is 1. The van der Waals surface area contributed by atoms with Crippen molar-refractivity contribution < 1.29 is 9.32 Å². The Hall–Kier alpha value is -1.40. The first-order chi connectivity index (χ1) is 8.74. The standard InChI is InChI=1S/C11H8ClN3O2S/c12-6-1-2-8(13-3-6)10-14-11(17-15-10)7-4-18-5-9(7)16/h1-3,7H,4-5H2. The highest BCUT2D eigenvalue weighted by Gasteiger charge is 2.31. The number of aromatic nitrogens is 3. The van der Waals surface area contributed by atoms with Crippen molar-refractivity contribution in [3.05, 3.63) is 29.2 Å². The van der Waals surface area contributed by atoms with Crippen molar-refractivity contribution in [3.8, 4) is 11.5 Å². The molecule has 2 aromatic rings. The van der Waals surface area contributed by atoms with Crippen molar-refractivity contribution in [3.63, 3.8) is 0 Å². The lowest BCUT2D eigenvalue weighted by molar-refractivity contribution is -0.117. The van der Waals surface area contributed by atoms with E-state index in [9.17, 15) is 4.79 Å². The first-order valence-corrected chi connectivity index (χ1v) is 6.83. The average molecular weight is 282 g/mol. The minimum Gasteiger partial charge on any atom is -0.338 e. The van der Waals surface area contributed by atoms with Gasteiger partial charge in [0.1, 0.15) is 11.6 Å². The Labute approximate surface area is 112 Å². The number of halogens is 1. The van der Waals surface area contributed by atoms with Crippen LogP contribution in [0.2, 0.25) is 5.02 Å². The second-order valence-corrected chi connectivity index (χ2v) is 5.32. The van der Waals surface area contributed by atoms with Crippen molar-refractivity contribution >= 4 is 29.1 Å². The largest absolute Gasteiger partial charge is 0.338 e. The summed E-state index contributed by atoms with van der Waals surface area (Å²) in [6, 6.07) is 3.42. The molecule has 1 aliphatic rings. The van der Waals surface area contributed by atoms with Gasteiger partial charge in [-0.1, -0.05) is 16.8 Å². The number of carbonyl (C=O) groups is 1. The number of thioether (sulfide) groups is 1. The minimum absolute atomic E-state index is 0.138. The molecule has 1 unspecified atom stereocenters. The third kappa shape index (κ3) is 2.13. The Bertz CT molecular complexity index is 584. The molecule has 1 aliphatic heterocycles. The summed E-state index contributed by atoms with van der Waals surface area (Å²) >= 11 is 7.33. The smallest absolute Gasteiger partial charge is 0.238 e. The zero-order valence-corrected chi connectivity index (χ0v) is 10.7. The normalized spacial score (nSPS) is 19.4. The molecule has 0 aliphatic carbocycles. The van der Waals surface area contributed by atoms with Gasteiger partial charge in [0.05, 0.1) is 10.8 Å². The molecule has 2 aromatic heterocycles. The van der Waals surface area contributed by atoms with E-state index in [-0.39, 0.29) is 11.7 Å². The summed E-state index contributed by atoms with van der Waals surface area (Å²) in [5.74, 6) is 1.83. The Balaban J connectivity index is 1.89. The third-order valence-electron chi connectivity index (χ3n) is 2.61. The predicted octanol–water partition coefficient (Wildman–Crippen LogP) is 2.18. The van der Waals surface area contributed by atoms with E-state index in [2.05, 4.69) is 15.1 Å². The van der Waals surface area contributed by atoms with Gasteiger partial charge in [0.25, 0.3) is 0 Å². The maximum Gasteiger partial charge on any atom is 0.238 e. The van der Waals surface area contributed by atoms with E-state index in [1.807, 2.05) is 0 Å². The molecular weight excluding hydrogens is 274 g/mol. The van der Waals surface area contributed by atoms with Gasteiger partial charge in [-0.25, -0.2) is 0 Å². The Morgan fingerprint density at radius 1 is 1.44 bits per heavy atom. The minimum atomic E-state index is -0.274. The number of ketones is 1. The molecule has 0 aromatic carbocycles. The molecule has 1 fully saturated rings. The monoisotopic (exact) mass is 281 g/mol. The Morgan fingerprint density at radius 3 is 3.00 bits per heavy atom. The predicted molar refractivity (Wildman–Crippen MR) is 67.6 cm³/mol. The summed E-state index contributed by atoms with van der Waals surface area (Å²) in [7, 11) is 0. The summed E-state index contributed by atoms with van der Waals surface area (Å²) < 4.78 is 5.14. The second-order valence-electron chi connectivity index (χ2n) is 3.85. The van der Waals surface area contributed by atoms with Gasteiger partial charge in [0.15, 0.2) is 5.78 Å². The number of hydrogen-bond donors (Lipinski definition) is 0. The molecule has 0 spiro atoms. The number of pyridine rings is 1. The summed E-state index contributed by atoms with van der Waals surface area (Å²) in [5.41, 5.74) is 0.576. The van der Waals surface area contributed by atoms with E-state index in [4.69, 9.17) is 16.1 Å². The van der Waals surface area contributed by atoms with Gasteiger partial charge in [-0.15, -0.1) is 0 Å². The zero-order valence-electron chi connectivity index (χ0n) is 9.17. The fraction of sp³-hybridized carbons (Fsp3) is 0.273. The maximum absolute atomic E-state index is 11.6. The van der Waals surface area contributed by atoms with Crippen LogP contribution in [0.25, 0.3) is 11.5 Å². The fourth-order valence-electron chi connectivity index (χ4n) is 1.67. The molecule has 0 saturated carbocycles. The molecule has 0 N–H and O–H groups in total. The second kappa shape index (κ2) is 4.70. The number of nitrogens with zero attached hydrogens (tertiary/aromatic N) is 3. The molecule has 1 atom stereocenters. The molecule has 0 amide bonds. The van der Waals surface area contributed by atoms with E-state index < -0.39 is 0 Å². The van der Waals surface area contributed by atoms with Crippen LogP contribution in [0.1, 0.15) is 11.8 Å². The zero-order chi connectivity index (χ0) is 12.5. The van der Waals surface area contributed by atoms with Gasteiger partial charge < -0.3 is 4.52 Å². The van der Waals surface area contributed by atoms with Crippen LogP contribution < -0.4 is 0 Å². The van der Waals surface area contributed by atoms with Gasteiger partial charge in [-0.3, -0.25) is 9.78 Å². The molecule has 1 saturated heterocycles. The Morgan fingerprint density at radius 2 is 2.33 bits per heavy atom. The summed E-state index contributed by atoms with van der Waals surface area (Å²) in [6.07, 6.45) is 1.52. The number of rotatable bonds is 2. The van der Waals surface area contributed by atoms with Crippen molar-refractivity contribution in [1.29, 1.82) is 0 Å². The van der Waals surface area contributed by atoms with Gasteiger partial charge in [0.2, 0.25) is 11.7 Å². The van der Waals surface area contributed by atoms with Gasteiger partial charge in [-0.2, -0.15) is 16.7 Å². The summed E-state index contributed by atoms with van der Waals surface area (Å²) in [4.78, 5) is 19.9. The molecule has 0 bridgehead atoms. The van der Waals surface area contributed by atoms with E-state index in [0.29, 0.717) is 33.9 Å². The summed E-state index contributed by atoms with van der Waals surface area (Å²) in [6.45, 7) is 0. The van der Waals surface area contributed by atoms with Gasteiger partial charge in [-0.05, 0) is 12.1 Å². The van der Waals surface area contributed by atoms with E-state index in [0.717, 1.165) is 0 Å². The lowest BCUT2D eigenvalue weighted by Gasteiger charge is -1.97. The Kier molecular flexibility index (Phi) is 3.05. The molecule has 3 heterocycles. The van der Waals surface area contributed by atoms with Crippen LogP contribution in [0.4, 0.5) is 0 Å². The lowest BCUT2D eigenvalue weighted by atomic mass is 10.1. The van der Waals surface area contributed by atoms with Gasteiger partial charge in [0, 0.05) is 11.9 Å². The van der Waals surface area contributed by atoms with Crippen LogP contribution in [0.3, 0.4) is 0 Å². The van der Waals surface area contributed by atoms with Crippen molar-refractivity contribution in [2.45, 2.75) is 5.92 Å². The molecule has 7 heteroatoms. The molecule has 3 rings (SSSR count). The van der Waals surface area contributed by atoms with Crippen LogP contribution in [0, 0.1) is 0 Å². The average Bonchev–Trinajstić information content (AvgIpc) is 2.98. The van der Waals surface area contributed by atoms with Crippen LogP contribution in [0.15, 0.2) is 22.9 Å². The highest BCUT2D eigenvalue weighted by atomic mass is 35.5. The maximum atomic E-state index is 11.6. The highest BCUT2D eigenvalue weighted by molar-refractivity contribution is 8.00. The van der Waals surface area contributed by atoms with Crippen LogP contribution in [-0.4, -0.2) is 32.4 Å². The van der Waals surface area contributed by atoms with E-state index >= 15 is 0 Å². The van der Waals surface area contributed by atoms with Gasteiger partial charge >= 0.3 is 0 Å². The SMILES string of the molecule is O=C1CSCC1c1nc(-c2ccc(Cl)cn2)no1. The first-order valence-electron chi connectivity index (χ1n) is 5.30. The van der Waals surface area contributed by atoms with E-state index in [1.54, 1.807) is 23.9 Å². The molecular formula is C11H8ClN3O2S. The van der Waals surface area contributed by atoms with Crippen LogP contribution >= 0.6 is 23.4 Å². The van der Waals surface area contributed by atoms with Crippen molar-refractivity contribution in [1.82, 2.24) is 15.1 Å². The van der Waals surface area contributed by atoms with Crippen LogP contribution in [0.5, 0.6) is 0 Å². The molecule has 18 heavy (non-hydrogen) atoms. The van der Waals surface area contributed by atoms with Crippen LogP contribution in [-0.2, 0) is 4.79 Å². The first kappa shape index (κ1) is 11.7. The molecule has 5 nitrogen and oxygen atoms in total. The molecule has 92 valence electrons. The number of hydrogen-bond acceptors (Lipinski definition) is 6. The number of Topliss-reactive ketones (excluding diaryl/α,β-unsaturated/α-hetero) is 1. The fourth-order valence-corrected chi connectivity index (χ4v) is 2.86. The summed E-state index contributed by atoms with van der Waals surface area (Å²) in [5, 5.41) is 4.39. The highest BCUT2D eigenvalue weighted by Crippen LogP contribution is 2.29. The van der Waals surface area contributed by atoms with E-state index in [1.165, 1.54) is 6.20 Å². The topological polar surface area (TPSA) is 68.9 Å². The third-order valence-corrected chi connectivity index (χ3v) is 3.90. The quantitative estimate of drug-likeness (QED) is 0.840. The molecule has 0 radical (unpaired) electrons. The van der Waals surface area contributed by atoms with Crippen molar-refractivity contribution in [2.24, 2.45) is 0 Å². The van der Waals surface area contributed by atoms with Crippen molar-refractivity contribution in [2.75, 3.05) is 11.5 Å².